The first-order valence-corrected chi connectivity index (χ1v) is 8.19. The van der Waals surface area contributed by atoms with E-state index in [1.165, 1.54) is 5.56 Å². The summed E-state index contributed by atoms with van der Waals surface area (Å²) in [6.07, 6.45) is 0. The molecule has 0 aliphatic heterocycles. The number of aryl methyl sites for hydroxylation is 1. The summed E-state index contributed by atoms with van der Waals surface area (Å²) in [7, 11) is 0. The minimum atomic E-state index is -0.0599. The van der Waals surface area contributed by atoms with Crippen molar-refractivity contribution in [2.24, 2.45) is 0 Å². The molecule has 2 nitrogen and oxygen atoms in total. The smallest absolute Gasteiger partial charge is 0.251 e. The Bertz CT molecular complexity index is 608. The molecule has 2 aromatic carbocycles. The van der Waals surface area contributed by atoms with E-state index in [2.05, 4.69) is 49.3 Å². The number of carbonyl (C=O) groups is 1. The van der Waals surface area contributed by atoms with E-state index in [-0.39, 0.29) is 5.91 Å². The summed E-state index contributed by atoms with van der Waals surface area (Å²) in [6.45, 7) is 2.53. The predicted octanol–water partition coefficient (Wildman–Crippen LogP) is 4.58. The molecule has 2 aromatic rings. The fraction of sp³-hybridized carbons (Fsp3) is 0.188. The second kappa shape index (κ2) is 7.04. The highest BCUT2D eigenvalue weighted by Gasteiger charge is 2.06. The zero-order valence-corrected chi connectivity index (χ0v) is 14.3. The third-order valence-corrected chi connectivity index (χ3v) is 4.57. The fourth-order valence-electron chi connectivity index (χ4n) is 1.76. The minimum Gasteiger partial charge on any atom is -0.348 e. The van der Waals surface area contributed by atoms with Gasteiger partial charge in [-0.05, 0) is 35.7 Å². The van der Waals surface area contributed by atoms with Crippen LogP contribution in [0.25, 0.3) is 0 Å². The van der Waals surface area contributed by atoms with Crippen molar-refractivity contribution in [3.63, 3.8) is 0 Å². The van der Waals surface area contributed by atoms with E-state index in [9.17, 15) is 4.79 Å². The maximum absolute atomic E-state index is 12.1. The zero-order valence-electron chi connectivity index (χ0n) is 11.1. The van der Waals surface area contributed by atoms with Crippen molar-refractivity contribution in [3.8, 4) is 0 Å². The third-order valence-electron chi connectivity index (χ3n) is 3.06. The van der Waals surface area contributed by atoms with E-state index >= 15 is 0 Å². The Morgan fingerprint density at radius 3 is 2.35 bits per heavy atom. The van der Waals surface area contributed by atoms with Gasteiger partial charge >= 0.3 is 0 Å². The molecule has 0 heterocycles. The van der Waals surface area contributed by atoms with Crippen molar-refractivity contribution in [1.29, 1.82) is 0 Å². The maximum atomic E-state index is 12.1. The van der Waals surface area contributed by atoms with Gasteiger partial charge in [0.15, 0.2) is 0 Å². The van der Waals surface area contributed by atoms with Crippen molar-refractivity contribution < 1.29 is 4.79 Å². The summed E-state index contributed by atoms with van der Waals surface area (Å²) in [5.74, 6) is -0.0599. The van der Waals surface area contributed by atoms with E-state index in [4.69, 9.17) is 0 Å². The summed E-state index contributed by atoms with van der Waals surface area (Å²) in [5, 5.41) is 3.77. The van der Waals surface area contributed by atoms with Crippen LogP contribution >= 0.6 is 31.9 Å². The van der Waals surface area contributed by atoms with Crippen LogP contribution in [-0.2, 0) is 11.9 Å². The van der Waals surface area contributed by atoms with Crippen molar-refractivity contribution in [2.45, 2.75) is 18.8 Å². The molecule has 20 heavy (non-hydrogen) atoms. The second-order valence-corrected chi connectivity index (χ2v) is 6.01. The first kappa shape index (κ1) is 15.3. The van der Waals surface area contributed by atoms with Gasteiger partial charge in [-0.25, -0.2) is 0 Å². The first-order valence-electron chi connectivity index (χ1n) is 6.28. The Labute approximate surface area is 135 Å². The Hall–Kier alpha value is -1.13. The SMILES string of the molecule is Cc1ccc(C(=O)NCc2ccc(CBr)cc2)cc1Br. The van der Waals surface area contributed by atoms with E-state index in [1.807, 2.05) is 37.3 Å². The summed E-state index contributed by atoms with van der Waals surface area (Å²) >= 11 is 6.86. The van der Waals surface area contributed by atoms with E-state index in [1.54, 1.807) is 0 Å². The van der Waals surface area contributed by atoms with Crippen LogP contribution in [0, 0.1) is 6.92 Å². The van der Waals surface area contributed by atoms with Crippen LogP contribution in [0.15, 0.2) is 46.9 Å². The largest absolute Gasteiger partial charge is 0.348 e. The molecule has 4 heteroatoms. The minimum absolute atomic E-state index is 0.0599. The van der Waals surface area contributed by atoms with E-state index < -0.39 is 0 Å². The van der Waals surface area contributed by atoms with Gasteiger partial charge in [-0.1, -0.05) is 62.2 Å². The van der Waals surface area contributed by atoms with Crippen LogP contribution in [0.2, 0.25) is 0 Å². The van der Waals surface area contributed by atoms with Crippen LogP contribution < -0.4 is 5.32 Å². The van der Waals surface area contributed by atoms with Gasteiger partial charge in [-0.3, -0.25) is 4.79 Å². The van der Waals surface area contributed by atoms with Gasteiger partial charge in [0.2, 0.25) is 0 Å². The van der Waals surface area contributed by atoms with Crippen LogP contribution in [0.5, 0.6) is 0 Å². The molecule has 0 aliphatic carbocycles. The Morgan fingerprint density at radius 1 is 1.10 bits per heavy atom. The average Bonchev–Trinajstić information content (AvgIpc) is 2.48. The molecule has 0 saturated heterocycles. The van der Waals surface area contributed by atoms with Gasteiger partial charge in [0.05, 0.1) is 0 Å². The summed E-state index contributed by atoms with van der Waals surface area (Å²) < 4.78 is 0.951. The molecule has 1 amide bonds. The van der Waals surface area contributed by atoms with Gasteiger partial charge in [0, 0.05) is 21.9 Å². The molecule has 0 bridgehead atoms. The monoisotopic (exact) mass is 395 g/mol. The lowest BCUT2D eigenvalue weighted by Gasteiger charge is -2.07. The lowest BCUT2D eigenvalue weighted by atomic mass is 10.1. The van der Waals surface area contributed by atoms with Crippen LogP contribution in [0.4, 0.5) is 0 Å². The number of nitrogens with one attached hydrogen (secondary N) is 1. The molecule has 0 radical (unpaired) electrons. The normalized spacial score (nSPS) is 10.3. The highest BCUT2D eigenvalue weighted by molar-refractivity contribution is 9.10. The summed E-state index contributed by atoms with van der Waals surface area (Å²) in [6, 6.07) is 13.8. The number of hydrogen-bond acceptors (Lipinski definition) is 1. The van der Waals surface area contributed by atoms with Crippen LogP contribution in [0.3, 0.4) is 0 Å². The highest BCUT2D eigenvalue weighted by Crippen LogP contribution is 2.17. The van der Waals surface area contributed by atoms with E-state index in [0.717, 1.165) is 20.9 Å². The van der Waals surface area contributed by atoms with Gasteiger partial charge in [-0.15, -0.1) is 0 Å². The fourth-order valence-corrected chi connectivity index (χ4v) is 2.52. The number of benzene rings is 2. The molecule has 0 spiro atoms. The lowest BCUT2D eigenvalue weighted by Crippen LogP contribution is -2.22. The Balaban J connectivity index is 1.98. The lowest BCUT2D eigenvalue weighted by molar-refractivity contribution is 0.0951. The van der Waals surface area contributed by atoms with Crippen molar-refractivity contribution in [1.82, 2.24) is 5.32 Å². The van der Waals surface area contributed by atoms with Crippen molar-refractivity contribution in [2.75, 3.05) is 0 Å². The maximum Gasteiger partial charge on any atom is 0.251 e. The Morgan fingerprint density at radius 2 is 1.75 bits per heavy atom. The number of amides is 1. The van der Waals surface area contributed by atoms with Crippen LogP contribution in [-0.4, -0.2) is 5.91 Å². The number of alkyl halides is 1. The molecule has 0 saturated carbocycles. The van der Waals surface area contributed by atoms with Crippen molar-refractivity contribution in [3.05, 3.63) is 69.2 Å². The quantitative estimate of drug-likeness (QED) is 0.752. The zero-order chi connectivity index (χ0) is 14.5. The average molecular weight is 397 g/mol. The van der Waals surface area contributed by atoms with E-state index in [0.29, 0.717) is 12.1 Å². The molecule has 0 unspecified atom stereocenters. The second-order valence-electron chi connectivity index (χ2n) is 4.60. The van der Waals surface area contributed by atoms with Crippen LogP contribution in [0.1, 0.15) is 27.0 Å². The molecule has 2 rings (SSSR count). The molecule has 104 valence electrons. The summed E-state index contributed by atoms with van der Waals surface area (Å²) in [4.78, 5) is 12.1. The van der Waals surface area contributed by atoms with Crippen molar-refractivity contribution >= 4 is 37.8 Å². The first-order chi connectivity index (χ1) is 9.60. The van der Waals surface area contributed by atoms with Gasteiger partial charge in [0.1, 0.15) is 0 Å². The molecular weight excluding hydrogens is 382 g/mol. The van der Waals surface area contributed by atoms with Gasteiger partial charge in [0.25, 0.3) is 5.91 Å². The third kappa shape index (κ3) is 3.93. The summed E-state index contributed by atoms with van der Waals surface area (Å²) in [5.41, 5.74) is 4.10. The molecule has 0 aromatic heterocycles. The molecule has 0 fully saturated rings. The van der Waals surface area contributed by atoms with Gasteiger partial charge in [-0.2, -0.15) is 0 Å². The molecular formula is C16H15Br2NO. The number of carbonyl (C=O) groups excluding carboxylic acids is 1. The Kier molecular flexibility index (Phi) is 5.38. The predicted molar refractivity (Wildman–Crippen MR) is 89.1 cm³/mol. The standard InChI is InChI=1S/C16H15Br2NO/c1-11-2-7-14(8-15(11)18)16(20)19-10-13-5-3-12(9-17)4-6-13/h2-8H,9-10H2,1H3,(H,19,20). The topological polar surface area (TPSA) is 29.1 Å². The highest BCUT2D eigenvalue weighted by atomic mass is 79.9. The van der Waals surface area contributed by atoms with Gasteiger partial charge < -0.3 is 5.32 Å². The molecule has 0 atom stereocenters. The molecule has 1 N–H and O–H groups in total. The molecule has 0 aliphatic rings. The number of halogens is 2. The number of hydrogen-bond donors (Lipinski definition) is 1. The number of rotatable bonds is 4.